The monoisotopic (exact) mass is 454 g/mol. The number of rotatable bonds is 5. The summed E-state index contributed by atoms with van der Waals surface area (Å²) in [6, 6.07) is 15.4. The molecule has 0 spiro atoms. The number of fused-ring (bicyclic) bond motifs is 1. The highest BCUT2D eigenvalue weighted by atomic mass is 79.9. The number of hydrogen-bond acceptors (Lipinski definition) is 2. The Kier molecular flexibility index (Phi) is 6.71. The minimum absolute atomic E-state index is 0.0792. The van der Waals surface area contributed by atoms with E-state index < -0.39 is 0 Å². The molecule has 0 saturated carbocycles. The summed E-state index contributed by atoms with van der Waals surface area (Å²) < 4.78 is 1.12. The average molecular weight is 455 g/mol. The van der Waals surface area contributed by atoms with Crippen LogP contribution in [0.4, 0.5) is 0 Å². The standard InChI is InChI=1S/C25H31BrN2O/c1-18(22-9-8-20-4-2-3-5-23(20)16-22)27-25(29)21-12-14-28(15-13-21)17-19-6-10-24(26)11-7-19/h6-11,16,18,21H,2-5,12-15,17H2,1H3,(H,27,29). The minimum Gasteiger partial charge on any atom is -0.349 e. The summed E-state index contributed by atoms with van der Waals surface area (Å²) in [5.74, 6) is 0.356. The van der Waals surface area contributed by atoms with Gasteiger partial charge in [-0.25, -0.2) is 0 Å². The lowest BCUT2D eigenvalue weighted by molar-refractivity contribution is -0.127. The molecule has 1 unspecified atom stereocenters. The van der Waals surface area contributed by atoms with Crippen molar-refractivity contribution in [2.24, 2.45) is 5.92 Å². The van der Waals surface area contributed by atoms with Gasteiger partial charge in [-0.3, -0.25) is 9.69 Å². The Morgan fingerprint density at radius 1 is 1.07 bits per heavy atom. The van der Waals surface area contributed by atoms with Crippen molar-refractivity contribution in [2.45, 2.75) is 58.0 Å². The topological polar surface area (TPSA) is 32.3 Å². The van der Waals surface area contributed by atoms with Gasteiger partial charge in [0.05, 0.1) is 6.04 Å². The van der Waals surface area contributed by atoms with Crippen LogP contribution in [0.1, 0.15) is 60.9 Å². The van der Waals surface area contributed by atoms with Gasteiger partial charge in [0.25, 0.3) is 0 Å². The lowest BCUT2D eigenvalue weighted by Crippen LogP contribution is -2.40. The molecule has 1 heterocycles. The molecule has 0 aromatic heterocycles. The first-order valence-corrected chi connectivity index (χ1v) is 11.8. The van der Waals surface area contributed by atoms with Gasteiger partial charge in [0.2, 0.25) is 5.91 Å². The Balaban J connectivity index is 1.27. The average Bonchev–Trinajstić information content (AvgIpc) is 2.75. The zero-order valence-corrected chi connectivity index (χ0v) is 18.9. The highest BCUT2D eigenvalue weighted by Gasteiger charge is 2.26. The van der Waals surface area contributed by atoms with E-state index in [9.17, 15) is 4.79 Å². The van der Waals surface area contributed by atoms with Crippen molar-refractivity contribution in [1.29, 1.82) is 0 Å². The molecule has 1 saturated heterocycles. The van der Waals surface area contributed by atoms with Crippen LogP contribution in [0.15, 0.2) is 46.9 Å². The maximum Gasteiger partial charge on any atom is 0.223 e. The van der Waals surface area contributed by atoms with Crippen LogP contribution in [0.25, 0.3) is 0 Å². The van der Waals surface area contributed by atoms with E-state index in [2.05, 4.69) is 75.5 Å². The quantitative estimate of drug-likeness (QED) is 0.653. The third-order valence-corrected chi connectivity index (χ3v) is 7.04. The number of amides is 1. The first-order valence-electron chi connectivity index (χ1n) is 11.0. The molecule has 3 nitrogen and oxygen atoms in total. The van der Waals surface area contributed by atoms with E-state index in [0.29, 0.717) is 0 Å². The molecule has 0 radical (unpaired) electrons. The summed E-state index contributed by atoms with van der Waals surface area (Å²) in [5.41, 5.74) is 5.55. The van der Waals surface area contributed by atoms with Crippen molar-refractivity contribution < 1.29 is 4.79 Å². The minimum atomic E-state index is 0.0792. The lowest BCUT2D eigenvalue weighted by atomic mass is 9.89. The first kappa shape index (κ1) is 20.6. The Morgan fingerprint density at radius 2 is 1.76 bits per heavy atom. The van der Waals surface area contributed by atoms with Gasteiger partial charge in [-0.05, 0) is 92.9 Å². The van der Waals surface area contributed by atoms with Gasteiger partial charge < -0.3 is 5.32 Å². The van der Waals surface area contributed by atoms with Crippen molar-refractivity contribution in [3.8, 4) is 0 Å². The summed E-state index contributed by atoms with van der Waals surface area (Å²) in [4.78, 5) is 15.3. The summed E-state index contributed by atoms with van der Waals surface area (Å²) in [6.07, 6.45) is 6.86. The Morgan fingerprint density at radius 3 is 2.48 bits per heavy atom. The van der Waals surface area contributed by atoms with Crippen LogP contribution in [0, 0.1) is 5.92 Å². The normalized spacial score (nSPS) is 18.8. The van der Waals surface area contributed by atoms with Gasteiger partial charge in [-0.2, -0.15) is 0 Å². The molecule has 2 aromatic rings. The number of likely N-dealkylation sites (tertiary alicyclic amines) is 1. The highest BCUT2D eigenvalue weighted by molar-refractivity contribution is 9.10. The third kappa shape index (κ3) is 5.29. The predicted molar refractivity (Wildman–Crippen MR) is 122 cm³/mol. The zero-order chi connectivity index (χ0) is 20.2. The van der Waals surface area contributed by atoms with E-state index in [1.54, 1.807) is 0 Å². The largest absolute Gasteiger partial charge is 0.349 e. The van der Waals surface area contributed by atoms with Gasteiger partial charge in [-0.1, -0.05) is 46.3 Å². The Bertz CT molecular complexity index is 840. The number of piperidine rings is 1. The molecule has 29 heavy (non-hydrogen) atoms. The molecule has 2 aliphatic rings. The molecule has 1 amide bonds. The summed E-state index contributed by atoms with van der Waals surface area (Å²) in [7, 11) is 0. The van der Waals surface area contributed by atoms with E-state index in [4.69, 9.17) is 0 Å². The van der Waals surface area contributed by atoms with Crippen LogP contribution in [0.3, 0.4) is 0 Å². The molecule has 0 bridgehead atoms. The van der Waals surface area contributed by atoms with E-state index in [-0.39, 0.29) is 17.9 Å². The van der Waals surface area contributed by atoms with E-state index in [1.807, 2.05) is 0 Å². The fourth-order valence-corrected chi connectivity index (χ4v) is 4.90. The zero-order valence-electron chi connectivity index (χ0n) is 17.3. The van der Waals surface area contributed by atoms with E-state index in [0.717, 1.165) is 36.9 Å². The third-order valence-electron chi connectivity index (χ3n) is 6.51. The molecule has 1 aliphatic carbocycles. The van der Waals surface area contributed by atoms with Crippen LogP contribution in [-0.4, -0.2) is 23.9 Å². The molecular formula is C25H31BrN2O. The molecular weight excluding hydrogens is 424 g/mol. The second-order valence-corrected chi connectivity index (χ2v) is 9.56. The molecule has 1 aliphatic heterocycles. The maximum absolute atomic E-state index is 12.8. The molecule has 2 aromatic carbocycles. The molecule has 154 valence electrons. The fourth-order valence-electron chi connectivity index (χ4n) is 4.64. The number of carbonyl (C=O) groups is 1. The summed E-state index contributed by atoms with van der Waals surface area (Å²) in [5, 5.41) is 3.28. The Labute approximate surface area is 183 Å². The number of nitrogens with one attached hydrogen (secondary N) is 1. The van der Waals surface area contributed by atoms with Crippen molar-refractivity contribution in [3.63, 3.8) is 0 Å². The number of nitrogens with zero attached hydrogens (tertiary/aromatic N) is 1. The number of aryl methyl sites for hydroxylation is 2. The van der Waals surface area contributed by atoms with Crippen molar-refractivity contribution in [2.75, 3.05) is 13.1 Å². The lowest BCUT2D eigenvalue weighted by Gasteiger charge is -2.32. The van der Waals surface area contributed by atoms with Crippen LogP contribution in [0.5, 0.6) is 0 Å². The smallest absolute Gasteiger partial charge is 0.223 e. The SMILES string of the molecule is CC(NC(=O)C1CCN(Cc2ccc(Br)cc2)CC1)c1ccc2c(c1)CCCC2. The van der Waals surface area contributed by atoms with Crippen molar-refractivity contribution in [1.82, 2.24) is 10.2 Å². The second-order valence-electron chi connectivity index (χ2n) is 8.64. The Hall–Kier alpha value is -1.65. The van der Waals surface area contributed by atoms with Gasteiger partial charge in [-0.15, -0.1) is 0 Å². The summed E-state index contributed by atoms with van der Waals surface area (Å²) in [6.45, 7) is 5.06. The van der Waals surface area contributed by atoms with Gasteiger partial charge in [0.1, 0.15) is 0 Å². The van der Waals surface area contributed by atoms with E-state index in [1.165, 1.54) is 47.9 Å². The van der Waals surface area contributed by atoms with Crippen molar-refractivity contribution in [3.05, 3.63) is 69.2 Å². The van der Waals surface area contributed by atoms with Gasteiger partial charge in [0, 0.05) is 16.9 Å². The van der Waals surface area contributed by atoms with Crippen molar-refractivity contribution >= 4 is 21.8 Å². The fraction of sp³-hybridized carbons (Fsp3) is 0.480. The molecule has 1 atom stereocenters. The van der Waals surface area contributed by atoms with Crippen LogP contribution < -0.4 is 5.32 Å². The van der Waals surface area contributed by atoms with E-state index >= 15 is 0 Å². The van der Waals surface area contributed by atoms with Crippen LogP contribution >= 0.6 is 15.9 Å². The molecule has 4 rings (SSSR count). The van der Waals surface area contributed by atoms with Crippen LogP contribution in [0.2, 0.25) is 0 Å². The number of carbonyl (C=O) groups excluding carboxylic acids is 1. The van der Waals surface area contributed by atoms with Gasteiger partial charge in [0.15, 0.2) is 0 Å². The summed E-state index contributed by atoms with van der Waals surface area (Å²) >= 11 is 3.49. The first-order chi connectivity index (χ1) is 14.1. The maximum atomic E-state index is 12.8. The molecule has 1 N–H and O–H groups in total. The number of halogens is 1. The van der Waals surface area contributed by atoms with Gasteiger partial charge >= 0.3 is 0 Å². The van der Waals surface area contributed by atoms with Crippen LogP contribution in [-0.2, 0) is 24.2 Å². The molecule has 4 heteroatoms. The highest BCUT2D eigenvalue weighted by Crippen LogP contribution is 2.26. The molecule has 1 fully saturated rings. The number of benzene rings is 2. The number of hydrogen-bond donors (Lipinski definition) is 1. The predicted octanol–water partition coefficient (Wildman–Crippen LogP) is 5.42. The second kappa shape index (κ2) is 9.44.